The maximum absolute atomic E-state index is 5.96. The average molecular weight is 307 g/mol. The highest BCUT2D eigenvalue weighted by molar-refractivity contribution is 6.30. The summed E-state index contributed by atoms with van der Waals surface area (Å²) in [5.41, 5.74) is 1.05. The second kappa shape index (κ2) is 6.60. The van der Waals surface area contributed by atoms with Crippen LogP contribution in [-0.4, -0.2) is 22.8 Å². The molecule has 2 heterocycles. The summed E-state index contributed by atoms with van der Waals surface area (Å²) in [7, 11) is 0. The minimum Gasteiger partial charge on any atom is -0.343 e. The number of aromatic nitrogens is 2. The van der Waals surface area contributed by atoms with Crippen molar-refractivity contribution in [2.45, 2.75) is 31.6 Å². The van der Waals surface area contributed by atoms with Crippen LogP contribution in [0.2, 0.25) is 5.02 Å². The monoisotopic (exact) mass is 306 g/mol. The van der Waals surface area contributed by atoms with Gasteiger partial charge >= 0.3 is 0 Å². The van der Waals surface area contributed by atoms with Crippen LogP contribution in [0.3, 0.4) is 0 Å². The Kier molecular flexibility index (Phi) is 4.58. The van der Waals surface area contributed by atoms with Crippen molar-refractivity contribution >= 4 is 11.6 Å². The minimum absolute atomic E-state index is 0.598. The molecule has 0 unspecified atom stereocenters. The predicted molar refractivity (Wildman–Crippen MR) is 81.1 cm³/mol. The molecule has 0 atom stereocenters. The van der Waals surface area contributed by atoms with Crippen molar-refractivity contribution in [3.63, 3.8) is 0 Å². The number of rotatable bonds is 6. The highest BCUT2D eigenvalue weighted by atomic mass is 35.5. The summed E-state index contributed by atoms with van der Waals surface area (Å²) in [6.45, 7) is 2.25. The number of aryl methyl sites for hydroxylation is 1. The van der Waals surface area contributed by atoms with E-state index in [0.29, 0.717) is 13.2 Å². The van der Waals surface area contributed by atoms with E-state index in [-0.39, 0.29) is 0 Å². The van der Waals surface area contributed by atoms with E-state index in [1.807, 2.05) is 36.8 Å². The summed E-state index contributed by atoms with van der Waals surface area (Å²) < 4.78 is 13.9. The molecule has 1 fully saturated rings. The summed E-state index contributed by atoms with van der Waals surface area (Å²) >= 11 is 5.96. The Morgan fingerprint density at radius 2 is 1.90 bits per heavy atom. The Hall–Kier alpha value is -1.36. The van der Waals surface area contributed by atoms with Gasteiger partial charge in [-0.3, -0.25) is 0 Å². The summed E-state index contributed by atoms with van der Waals surface area (Å²) in [5, 5.41) is 0.729. The number of imidazole rings is 1. The van der Waals surface area contributed by atoms with Crippen LogP contribution in [0.5, 0.6) is 0 Å². The number of hydrogen-bond donors (Lipinski definition) is 0. The van der Waals surface area contributed by atoms with Crippen LogP contribution in [0.25, 0.3) is 0 Å². The van der Waals surface area contributed by atoms with Gasteiger partial charge in [0, 0.05) is 35.9 Å². The smallest absolute Gasteiger partial charge is 0.194 e. The molecule has 0 aliphatic carbocycles. The molecule has 1 saturated heterocycles. The van der Waals surface area contributed by atoms with Crippen molar-refractivity contribution in [1.29, 1.82) is 0 Å². The zero-order chi connectivity index (χ0) is 14.5. The maximum Gasteiger partial charge on any atom is 0.194 e. The van der Waals surface area contributed by atoms with E-state index >= 15 is 0 Å². The number of halogens is 1. The van der Waals surface area contributed by atoms with Crippen molar-refractivity contribution in [1.82, 2.24) is 9.55 Å². The van der Waals surface area contributed by atoms with Gasteiger partial charge in [-0.05, 0) is 25.0 Å². The van der Waals surface area contributed by atoms with Crippen molar-refractivity contribution in [3.8, 4) is 0 Å². The molecule has 0 N–H and O–H groups in total. The van der Waals surface area contributed by atoms with Gasteiger partial charge in [-0.1, -0.05) is 23.7 Å². The molecule has 3 rings (SSSR count). The lowest BCUT2D eigenvalue weighted by molar-refractivity contribution is -0.171. The number of hydrogen-bond acceptors (Lipinski definition) is 3. The van der Waals surface area contributed by atoms with Gasteiger partial charge in [0.1, 0.15) is 0 Å². The molecule has 5 heteroatoms. The largest absolute Gasteiger partial charge is 0.343 e. The average Bonchev–Trinajstić information content (AvgIpc) is 3.17. The molecule has 0 bridgehead atoms. The number of ether oxygens (including phenoxy) is 2. The normalized spacial score (nSPS) is 17.2. The van der Waals surface area contributed by atoms with Gasteiger partial charge in [0.15, 0.2) is 5.79 Å². The van der Waals surface area contributed by atoms with Crippen molar-refractivity contribution in [3.05, 3.63) is 53.6 Å². The molecular formula is C16H19ClN2O2. The predicted octanol–water partition coefficient (Wildman–Crippen LogP) is 3.61. The molecule has 4 nitrogen and oxygen atoms in total. The van der Waals surface area contributed by atoms with E-state index in [1.165, 1.54) is 0 Å². The molecule has 21 heavy (non-hydrogen) atoms. The van der Waals surface area contributed by atoms with Gasteiger partial charge in [-0.25, -0.2) is 4.98 Å². The van der Waals surface area contributed by atoms with Crippen LogP contribution >= 0.6 is 11.6 Å². The first-order valence-corrected chi connectivity index (χ1v) is 7.66. The highest BCUT2D eigenvalue weighted by Gasteiger charge is 2.37. The Morgan fingerprint density at radius 1 is 1.14 bits per heavy atom. The van der Waals surface area contributed by atoms with Gasteiger partial charge in [-0.2, -0.15) is 0 Å². The van der Waals surface area contributed by atoms with Gasteiger partial charge in [0.05, 0.1) is 19.5 Å². The van der Waals surface area contributed by atoms with E-state index in [2.05, 4.69) is 9.55 Å². The Balaban J connectivity index is 1.60. The van der Waals surface area contributed by atoms with E-state index in [9.17, 15) is 0 Å². The van der Waals surface area contributed by atoms with Crippen LogP contribution in [0.4, 0.5) is 0 Å². The topological polar surface area (TPSA) is 36.3 Å². The van der Waals surface area contributed by atoms with Crippen molar-refractivity contribution in [2.24, 2.45) is 0 Å². The fourth-order valence-corrected chi connectivity index (χ4v) is 2.81. The minimum atomic E-state index is -0.598. The van der Waals surface area contributed by atoms with Crippen LogP contribution in [0.1, 0.15) is 24.8 Å². The maximum atomic E-state index is 5.96. The molecule has 1 aromatic carbocycles. The first-order chi connectivity index (χ1) is 10.3. The van der Waals surface area contributed by atoms with Crippen LogP contribution in [0, 0.1) is 0 Å². The molecule has 1 aliphatic rings. The molecule has 0 amide bonds. The lowest BCUT2D eigenvalue weighted by atomic mass is 9.99. The molecule has 0 radical (unpaired) electrons. The Morgan fingerprint density at radius 3 is 2.57 bits per heavy atom. The Labute approximate surface area is 129 Å². The van der Waals surface area contributed by atoms with E-state index in [4.69, 9.17) is 21.1 Å². The fourth-order valence-electron chi connectivity index (χ4n) is 2.69. The molecule has 1 aliphatic heterocycles. The van der Waals surface area contributed by atoms with Gasteiger partial charge in [0.2, 0.25) is 0 Å². The van der Waals surface area contributed by atoms with E-state index < -0.39 is 5.79 Å². The van der Waals surface area contributed by atoms with E-state index in [1.54, 1.807) is 6.20 Å². The second-order valence-corrected chi connectivity index (χ2v) is 5.65. The third kappa shape index (κ3) is 3.46. The third-order valence-corrected chi connectivity index (χ3v) is 4.02. The molecule has 0 saturated carbocycles. The zero-order valence-corrected chi connectivity index (χ0v) is 12.6. The quantitative estimate of drug-likeness (QED) is 0.765. The van der Waals surface area contributed by atoms with Crippen LogP contribution < -0.4 is 0 Å². The molecule has 0 spiro atoms. The van der Waals surface area contributed by atoms with Crippen LogP contribution in [0.15, 0.2) is 43.0 Å². The molecule has 2 aromatic rings. The van der Waals surface area contributed by atoms with Crippen molar-refractivity contribution < 1.29 is 9.47 Å². The Bertz CT molecular complexity index is 548. The lowest BCUT2D eigenvalue weighted by Crippen LogP contribution is -2.27. The molecule has 112 valence electrons. The van der Waals surface area contributed by atoms with Gasteiger partial charge < -0.3 is 14.0 Å². The number of unbranched alkanes of at least 4 members (excludes halogenated alkanes) is 1. The van der Waals surface area contributed by atoms with Gasteiger partial charge in [0.25, 0.3) is 0 Å². The summed E-state index contributed by atoms with van der Waals surface area (Å²) in [6, 6.07) is 7.75. The summed E-state index contributed by atoms with van der Waals surface area (Å²) in [6.07, 6.45) is 8.58. The lowest BCUT2D eigenvalue weighted by Gasteiger charge is -2.28. The third-order valence-electron chi connectivity index (χ3n) is 3.77. The standard InChI is InChI=1S/C16H19ClN2O2/c17-15-5-3-14(4-6-15)16(20-11-12-21-16)7-1-2-9-19-10-8-18-13-19/h3-6,8,10,13H,1-2,7,9,11-12H2. The van der Waals surface area contributed by atoms with Crippen molar-refractivity contribution in [2.75, 3.05) is 13.2 Å². The second-order valence-electron chi connectivity index (χ2n) is 5.21. The molecule has 1 aromatic heterocycles. The first kappa shape index (κ1) is 14.6. The fraction of sp³-hybridized carbons (Fsp3) is 0.438. The highest BCUT2D eigenvalue weighted by Crippen LogP contribution is 2.36. The SMILES string of the molecule is Clc1ccc(C2(CCCCn3ccnc3)OCCO2)cc1. The number of nitrogens with zero attached hydrogens (tertiary/aromatic N) is 2. The first-order valence-electron chi connectivity index (χ1n) is 7.28. The summed E-state index contributed by atoms with van der Waals surface area (Å²) in [4.78, 5) is 4.05. The van der Waals surface area contributed by atoms with E-state index in [0.717, 1.165) is 36.4 Å². The summed E-state index contributed by atoms with van der Waals surface area (Å²) in [5.74, 6) is -0.598. The zero-order valence-electron chi connectivity index (χ0n) is 11.9. The molecular weight excluding hydrogens is 288 g/mol. The van der Waals surface area contributed by atoms with Gasteiger partial charge in [-0.15, -0.1) is 0 Å². The van der Waals surface area contributed by atoms with Crippen LogP contribution in [-0.2, 0) is 21.8 Å². The number of benzene rings is 1.